The topological polar surface area (TPSA) is 44.8 Å². The highest BCUT2D eigenvalue weighted by molar-refractivity contribution is 5.76. The van der Waals surface area contributed by atoms with Crippen LogP contribution in [0.25, 0.3) is 0 Å². The Bertz CT molecular complexity index is 303. The van der Waals surface area contributed by atoms with Crippen molar-refractivity contribution in [1.29, 1.82) is 0 Å². The van der Waals surface area contributed by atoms with Gasteiger partial charge in [0.05, 0.1) is 6.61 Å². The zero-order chi connectivity index (χ0) is 14.4. The Morgan fingerprint density at radius 1 is 1.25 bits per heavy atom. The molecule has 116 valence electrons. The molecule has 20 heavy (non-hydrogen) atoms. The van der Waals surface area contributed by atoms with E-state index in [1.165, 1.54) is 38.9 Å². The van der Waals surface area contributed by atoms with E-state index in [0.717, 1.165) is 13.0 Å². The maximum Gasteiger partial charge on any atom is 0.222 e. The molecule has 2 aliphatic rings. The van der Waals surface area contributed by atoms with Crippen LogP contribution in [-0.2, 0) is 9.53 Å². The number of methoxy groups -OCH3 is 1. The van der Waals surface area contributed by atoms with Gasteiger partial charge in [0.25, 0.3) is 0 Å². The van der Waals surface area contributed by atoms with Gasteiger partial charge in [-0.25, -0.2) is 0 Å². The van der Waals surface area contributed by atoms with E-state index >= 15 is 0 Å². The summed E-state index contributed by atoms with van der Waals surface area (Å²) >= 11 is 0. The summed E-state index contributed by atoms with van der Waals surface area (Å²) < 4.78 is 4.95. The first-order valence-corrected chi connectivity index (χ1v) is 7.90. The fourth-order valence-electron chi connectivity index (χ4n) is 3.31. The van der Waals surface area contributed by atoms with Crippen molar-refractivity contribution >= 4 is 5.91 Å². The predicted octanol–water partition coefficient (Wildman–Crippen LogP) is 0.698. The lowest BCUT2D eigenvalue weighted by Crippen LogP contribution is -2.53. The highest BCUT2D eigenvalue weighted by atomic mass is 16.5. The standard InChI is InChI=1S/C15H29N3O2/c1-17-9-5-14(6-10-17)18-8-3-4-13(12-18)16-15(19)7-11-20-2/h13-14H,3-12H2,1-2H3,(H,16,19)/t13-/m0/s1. The van der Waals surface area contributed by atoms with E-state index in [1.54, 1.807) is 7.11 Å². The number of hydrogen-bond donors (Lipinski definition) is 1. The van der Waals surface area contributed by atoms with Crippen molar-refractivity contribution in [2.45, 2.75) is 44.2 Å². The lowest BCUT2D eigenvalue weighted by Gasteiger charge is -2.41. The normalized spacial score (nSPS) is 26.6. The fourth-order valence-corrected chi connectivity index (χ4v) is 3.31. The number of likely N-dealkylation sites (tertiary alicyclic amines) is 2. The number of ether oxygens (including phenoxy) is 1. The van der Waals surface area contributed by atoms with Gasteiger partial charge in [-0.3, -0.25) is 9.69 Å². The maximum atomic E-state index is 11.8. The molecule has 0 aromatic rings. The highest BCUT2D eigenvalue weighted by Crippen LogP contribution is 2.20. The van der Waals surface area contributed by atoms with E-state index in [0.29, 0.717) is 25.1 Å². The number of nitrogens with one attached hydrogen (secondary N) is 1. The van der Waals surface area contributed by atoms with Crippen molar-refractivity contribution in [2.24, 2.45) is 0 Å². The van der Waals surface area contributed by atoms with Gasteiger partial charge >= 0.3 is 0 Å². The smallest absolute Gasteiger partial charge is 0.222 e. The van der Waals surface area contributed by atoms with Crippen LogP contribution in [0.5, 0.6) is 0 Å². The molecule has 0 aliphatic carbocycles. The lowest BCUT2D eigenvalue weighted by molar-refractivity contribution is -0.123. The van der Waals surface area contributed by atoms with E-state index in [2.05, 4.69) is 22.2 Å². The number of amides is 1. The van der Waals surface area contributed by atoms with Gasteiger partial charge in [0.15, 0.2) is 0 Å². The first-order valence-electron chi connectivity index (χ1n) is 7.90. The SMILES string of the molecule is COCCC(=O)N[C@H]1CCCN(C2CCN(C)CC2)C1. The molecule has 0 radical (unpaired) electrons. The number of hydrogen-bond acceptors (Lipinski definition) is 4. The second-order valence-electron chi connectivity index (χ2n) is 6.18. The molecule has 0 aromatic heterocycles. The molecule has 0 unspecified atom stereocenters. The number of piperidine rings is 2. The summed E-state index contributed by atoms with van der Waals surface area (Å²) in [6.45, 7) is 5.13. The van der Waals surface area contributed by atoms with Gasteiger partial charge in [0.1, 0.15) is 0 Å². The average Bonchev–Trinajstić information content (AvgIpc) is 2.46. The van der Waals surface area contributed by atoms with Crippen LogP contribution >= 0.6 is 0 Å². The van der Waals surface area contributed by atoms with Crippen LogP contribution < -0.4 is 5.32 Å². The molecule has 2 heterocycles. The predicted molar refractivity (Wildman–Crippen MR) is 79.7 cm³/mol. The lowest BCUT2D eigenvalue weighted by atomic mass is 9.98. The van der Waals surface area contributed by atoms with E-state index in [9.17, 15) is 4.79 Å². The van der Waals surface area contributed by atoms with Crippen molar-refractivity contribution in [3.8, 4) is 0 Å². The molecule has 5 nitrogen and oxygen atoms in total. The van der Waals surface area contributed by atoms with Gasteiger partial charge in [-0.2, -0.15) is 0 Å². The Labute approximate surface area is 122 Å². The first kappa shape index (κ1) is 15.7. The van der Waals surface area contributed by atoms with Crippen LogP contribution in [-0.4, -0.2) is 74.7 Å². The number of rotatable bonds is 5. The van der Waals surface area contributed by atoms with Crippen molar-refractivity contribution in [1.82, 2.24) is 15.1 Å². The van der Waals surface area contributed by atoms with Crippen LogP contribution in [0.15, 0.2) is 0 Å². The van der Waals surface area contributed by atoms with E-state index < -0.39 is 0 Å². The van der Waals surface area contributed by atoms with E-state index in [4.69, 9.17) is 4.74 Å². The molecule has 0 bridgehead atoms. The summed E-state index contributed by atoms with van der Waals surface area (Å²) in [6, 6.07) is 1.04. The molecular weight excluding hydrogens is 254 g/mol. The van der Waals surface area contributed by atoms with Crippen LogP contribution in [0.3, 0.4) is 0 Å². The summed E-state index contributed by atoms with van der Waals surface area (Å²) in [4.78, 5) is 16.8. The van der Waals surface area contributed by atoms with Crippen LogP contribution in [0, 0.1) is 0 Å². The van der Waals surface area contributed by atoms with Crippen LogP contribution in [0.4, 0.5) is 0 Å². The number of carbonyl (C=O) groups is 1. The molecule has 2 rings (SSSR count). The molecule has 1 atom stereocenters. The molecule has 0 spiro atoms. The minimum Gasteiger partial charge on any atom is -0.384 e. The summed E-state index contributed by atoms with van der Waals surface area (Å²) in [6.07, 6.45) is 5.31. The quantitative estimate of drug-likeness (QED) is 0.807. The number of nitrogens with zero attached hydrogens (tertiary/aromatic N) is 2. The van der Waals surface area contributed by atoms with Gasteiger partial charge in [0, 0.05) is 32.2 Å². The summed E-state index contributed by atoms with van der Waals surface area (Å²) in [5, 5.41) is 3.16. The third-order valence-electron chi connectivity index (χ3n) is 4.56. The monoisotopic (exact) mass is 283 g/mol. The van der Waals surface area contributed by atoms with Crippen LogP contribution in [0.2, 0.25) is 0 Å². The fraction of sp³-hybridized carbons (Fsp3) is 0.933. The van der Waals surface area contributed by atoms with Gasteiger partial charge in [-0.1, -0.05) is 0 Å². The Hall–Kier alpha value is -0.650. The molecule has 2 fully saturated rings. The van der Waals surface area contributed by atoms with Crippen LogP contribution in [0.1, 0.15) is 32.1 Å². The zero-order valence-corrected chi connectivity index (χ0v) is 12.9. The Kier molecular flexibility index (Phi) is 6.26. The van der Waals surface area contributed by atoms with E-state index in [1.807, 2.05) is 0 Å². The average molecular weight is 283 g/mol. The molecule has 2 aliphatic heterocycles. The molecule has 5 heteroatoms. The minimum absolute atomic E-state index is 0.127. The maximum absolute atomic E-state index is 11.8. The van der Waals surface area contributed by atoms with Gasteiger partial charge in [0.2, 0.25) is 5.91 Å². The molecule has 0 saturated carbocycles. The second-order valence-corrected chi connectivity index (χ2v) is 6.18. The van der Waals surface area contributed by atoms with Gasteiger partial charge in [-0.15, -0.1) is 0 Å². The van der Waals surface area contributed by atoms with Gasteiger partial charge < -0.3 is 15.0 Å². The van der Waals surface area contributed by atoms with Gasteiger partial charge in [-0.05, 0) is 52.4 Å². The molecule has 1 N–H and O–H groups in total. The van der Waals surface area contributed by atoms with Crippen molar-refractivity contribution < 1.29 is 9.53 Å². The number of carbonyl (C=O) groups excluding carboxylic acids is 1. The Morgan fingerprint density at radius 2 is 2.00 bits per heavy atom. The van der Waals surface area contributed by atoms with Crippen molar-refractivity contribution in [2.75, 3.05) is 46.9 Å². The summed E-state index contributed by atoms with van der Waals surface area (Å²) in [5.41, 5.74) is 0. The Balaban J connectivity index is 1.75. The largest absolute Gasteiger partial charge is 0.384 e. The highest BCUT2D eigenvalue weighted by Gasteiger charge is 2.28. The minimum atomic E-state index is 0.127. The molecule has 2 saturated heterocycles. The van der Waals surface area contributed by atoms with Crippen molar-refractivity contribution in [3.05, 3.63) is 0 Å². The third kappa shape index (κ3) is 4.72. The molecular formula is C15H29N3O2. The first-order chi connectivity index (χ1) is 9.69. The van der Waals surface area contributed by atoms with Crippen molar-refractivity contribution in [3.63, 3.8) is 0 Å². The summed E-state index contributed by atoms with van der Waals surface area (Å²) in [5.74, 6) is 0.127. The molecule has 0 aromatic carbocycles. The van der Waals surface area contributed by atoms with E-state index in [-0.39, 0.29) is 5.91 Å². The Morgan fingerprint density at radius 3 is 2.70 bits per heavy atom. The second kappa shape index (κ2) is 7.96. The molecule has 1 amide bonds. The zero-order valence-electron chi connectivity index (χ0n) is 12.9. The summed E-state index contributed by atoms with van der Waals surface area (Å²) in [7, 11) is 3.83. The third-order valence-corrected chi connectivity index (χ3v) is 4.56.